The molecule has 7 nitrogen and oxygen atoms in total. The van der Waals surface area contributed by atoms with Crippen molar-refractivity contribution in [3.8, 4) is 28.9 Å². The molecule has 1 heterocycles. The number of carbonyl (C=O) groups excluding carboxylic acids is 1. The second kappa shape index (κ2) is 9.75. The van der Waals surface area contributed by atoms with Crippen molar-refractivity contribution in [3.05, 3.63) is 54.1 Å². The molecule has 0 saturated heterocycles. The third-order valence-electron chi connectivity index (χ3n) is 4.01. The zero-order valence-corrected chi connectivity index (χ0v) is 17.1. The van der Waals surface area contributed by atoms with Gasteiger partial charge in [0.05, 0.1) is 18.4 Å². The third-order valence-corrected chi connectivity index (χ3v) is 4.94. The minimum absolute atomic E-state index is 0.0144. The maximum Gasteiger partial charge on any atom is 0.231 e. The number of nitriles is 1. The quantitative estimate of drug-likeness (QED) is 0.455. The monoisotopic (exact) mass is 407 g/mol. The molecule has 0 aliphatic heterocycles. The van der Waals surface area contributed by atoms with Gasteiger partial charge in [-0.1, -0.05) is 35.5 Å². The first-order chi connectivity index (χ1) is 14.1. The van der Waals surface area contributed by atoms with Gasteiger partial charge < -0.3 is 10.1 Å². The van der Waals surface area contributed by atoms with Crippen molar-refractivity contribution >= 4 is 17.7 Å². The van der Waals surface area contributed by atoms with Crippen LogP contribution >= 0.6 is 11.8 Å². The van der Waals surface area contributed by atoms with Crippen molar-refractivity contribution in [1.29, 1.82) is 5.26 Å². The van der Waals surface area contributed by atoms with Crippen molar-refractivity contribution in [3.63, 3.8) is 0 Å². The maximum atomic E-state index is 11.9. The summed E-state index contributed by atoms with van der Waals surface area (Å²) in [6, 6.07) is 17.6. The van der Waals surface area contributed by atoms with Crippen molar-refractivity contribution < 1.29 is 9.53 Å². The highest BCUT2D eigenvalue weighted by Crippen LogP contribution is 2.29. The van der Waals surface area contributed by atoms with Gasteiger partial charge in [0, 0.05) is 11.3 Å². The van der Waals surface area contributed by atoms with Crippen LogP contribution in [-0.2, 0) is 4.79 Å². The Morgan fingerprint density at radius 1 is 1.24 bits per heavy atom. The Labute approximate surface area is 173 Å². The van der Waals surface area contributed by atoms with E-state index in [1.165, 1.54) is 11.8 Å². The molecule has 0 fully saturated rings. The summed E-state index contributed by atoms with van der Waals surface area (Å²) in [7, 11) is 0. The molecule has 0 atom stereocenters. The number of aromatic nitrogens is 3. The van der Waals surface area contributed by atoms with Crippen molar-refractivity contribution in [1.82, 2.24) is 20.1 Å². The van der Waals surface area contributed by atoms with E-state index in [1.54, 1.807) is 0 Å². The molecule has 0 unspecified atom stereocenters. The highest BCUT2D eigenvalue weighted by Gasteiger charge is 2.17. The molecule has 148 valence electrons. The third kappa shape index (κ3) is 5.15. The standard InChI is InChI=1S/C21H21N5O2S/c1-3-28-18-9-7-17(8-10-18)26-20(16-6-4-5-15(2)13-16)24-25-21(26)29-14-19(27)23-12-11-22/h4-10,13H,3,12,14H2,1-2H3,(H,23,27). The van der Waals surface area contributed by atoms with Crippen molar-refractivity contribution in [2.75, 3.05) is 18.9 Å². The van der Waals surface area contributed by atoms with Gasteiger partial charge in [0.1, 0.15) is 12.3 Å². The van der Waals surface area contributed by atoms with Crippen LogP contribution in [0.5, 0.6) is 5.75 Å². The van der Waals surface area contributed by atoms with E-state index in [0.29, 0.717) is 17.6 Å². The second-order valence-corrected chi connectivity index (χ2v) is 7.10. The number of ether oxygens (including phenoxy) is 1. The highest BCUT2D eigenvalue weighted by atomic mass is 32.2. The second-order valence-electron chi connectivity index (χ2n) is 6.16. The van der Waals surface area contributed by atoms with E-state index < -0.39 is 0 Å². The molecule has 0 aliphatic carbocycles. The number of hydrogen-bond acceptors (Lipinski definition) is 6. The first-order valence-corrected chi connectivity index (χ1v) is 10.1. The van der Waals surface area contributed by atoms with Crippen LogP contribution in [0.4, 0.5) is 0 Å². The Morgan fingerprint density at radius 3 is 2.72 bits per heavy atom. The van der Waals surface area contributed by atoms with E-state index in [1.807, 2.05) is 73.0 Å². The van der Waals surface area contributed by atoms with Crippen LogP contribution in [0.15, 0.2) is 53.7 Å². The molecule has 2 aromatic carbocycles. The molecule has 3 aromatic rings. The van der Waals surface area contributed by atoms with E-state index in [9.17, 15) is 4.79 Å². The topological polar surface area (TPSA) is 92.8 Å². The highest BCUT2D eigenvalue weighted by molar-refractivity contribution is 7.99. The minimum Gasteiger partial charge on any atom is -0.494 e. The molecule has 0 saturated carbocycles. The summed E-state index contributed by atoms with van der Waals surface area (Å²) < 4.78 is 7.45. The molecule has 0 bridgehead atoms. The number of benzene rings is 2. The van der Waals surface area contributed by atoms with Gasteiger partial charge in [-0.05, 0) is 44.2 Å². The fourth-order valence-electron chi connectivity index (χ4n) is 2.74. The van der Waals surface area contributed by atoms with E-state index in [-0.39, 0.29) is 18.2 Å². The predicted octanol–water partition coefficient (Wildman–Crippen LogP) is 3.37. The summed E-state index contributed by atoms with van der Waals surface area (Å²) in [6.45, 7) is 4.55. The van der Waals surface area contributed by atoms with Gasteiger partial charge in [-0.2, -0.15) is 5.26 Å². The number of amides is 1. The molecule has 29 heavy (non-hydrogen) atoms. The number of aryl methyl sites for hydroxylation is 1. The summed E-state index contributed by atoms with van der Waals surface area (Å²) in [4.78, 5) is 11.9. The van der Waals surface area contributed by atoms with Gasteiger partial charge in [0.2, 0.25) is 5.91 Å². The summed E-state index contributed by atoms with van der Waals surface area (Å²) in [5.41, 5.74) is 2.93. The predicted molar refractivity (Wildman–Crippen MR) is 112 cm³/mol. The lowest BCUT2D eigenvalue weighted by Gasteiger charge is -2.12. The first kappa shape index (κ1) is 20.4. The maximum absolute atomic E-state index is 11.9. The molecule has 1 amide bonds. The van der Waals surface area contributed by atoms with Crippen molar-refractivity contribution in [2.24, 2.45) is 0 Å². The molecule has 1 N–H and O–H groups in total. The van der Waals surface area contributed by atoms with Gasteiger partial charge >= 0.3 is 0 Å². The van der Waals surface area contributed by atoms with Crippen LogP contribution in [0.1, 0.15) is 12.5 Å². The largest absolute Gasteiger partial charge is 0.494 e. The fraction of sp³-hybridized carbons (Fsp3) is 0.238. The summed E-state index contributed by atoms with van der Waals surface area (Å²) in [5.74, 6) is 1.39. The Kier molecular flexibility index (Phi) is 6.87. The first-order valence-electron chi connectivity index (χ1n) is 9.14. The van der Waals surface area contributed by atoms with Crippen LogP contribution in [0.25, 0.3) is 17.1 Å². The van der Waals surface area contributed by atoms with E-state index in [4.69, 9.17) is 10.00 Å². The number of nitrogens with one attached hydrogen (secondary N) is 1. The van der Waals surface area contributed by atoms with Gasteiger partial charge in [0.15, 0.2) is 11.0 Å². The Balaban J connectivity index is 1.96. The molecule has 0 spiro atoms. The lowest BCUT2D eigenvalue weighted by atomic mass is 10.1. The van der Waals surface area contributed by atoms with Crippen LogP contribution in [0.3, 0.4) is 0 Å². The number of thioether (sulfide) groups is 1. The zero-order valence-electron chi connectivity index (χ0n) is 16.3. The molecular weight excluding hydrogens is 386 g/mol. The minimum atomic E-state index is -0.227. The molecule has 3 rings (SSSR count). The number of hydrogen-bond donors (Lipinski definition) is 1. The summed E-state index contributed by atoms with van der Waals surface area (Å²) in [6.07, 6.45) is 0. The molecule has 1 aromatic heterocycles. The fourth-order valence-corrected chi connectivity index (χ4v) is 3.53. The van der Waals surface area contributed by atoms with Crippen LogP contribution in [0.2, 0.25) is 0 Å². The Bertz CT molecular complexity index is 1020. The lowest BCUT2D eigenvalue weighted by molar-refractivity contribution is -0.118. The normalized spacial score (nSPS) is 10.4. The van der Waals surface area contributed by atoms with E-state index >= 15 is 0 Å². The molecule has 0 radical (unpaired) electrons. The van der Waals surface area contributed by atoms with Gasteiger partial charge in [-0.3, -0.25) is 9.36 Å². The van der Waals surface area contributed by atoms with E-state index in [0.717, 1.165) is 22.6 Å². The zero-order chi connectivity index (χ0) is 20.6. The van der Waals surface area contributed by atoms with Gasteiger partial charge in [0.25, 0.3) is 0 Å². The number of carbonyl (C=O) groups is 1. The summed E-state index contributed by atoms with van der Waals surface area (Å²) in [5, 5.41) is 20.4. The average Bonchev–Trinajstić information content (AvgIpc) is 3.15. The number of rotatable bonds is 8. The Morgan fingerprint density at radius 2 is 2.03 bits per heavy atom. The molecule has 0 aliphatic rings. The smallest absolute Gasteiger partial charge is 0.231 e. The van der Waals surface area contributed by atoms with E-state index in [2.05, 4.69) is 15.5 Å². The summed E-state index contributed by atoms with van der Waals surface area (Å²) >= 11 is 1.27. The van der Waals surface area contributed by atoms with Crippen molar-refractivity contribution in [2.45, 2.75) is 19.0 Å². The van der Waals surface area contributed by atoms with Gasteiger partial charge in [-0.25, -0.2) is 0 Å². The van der Waals surface area contributed by atoms with Gasteiger partial charge in [-0.15, -0.1) is 10.2 Å². The molecule has 8 heteroatoms. The lowest BCUT2D eigenvalue weighted by Crippen LogP contribution is -2.25. The van der Waals surface area contributed by atoms with Crippen LogP contribution in [0, 0.1) is 18.3 Å². The number of nitrogens with zero attached hydrogens (tertiary/aromatic N) is 4. The molecular formula is C21H21N5O2S. The SMILES string of the molecule is CCOc1ccc(-n2c(SCC(=O)NCC#N)nnc2-c2cccc(C)c2)cc1. The Hall–Kier alpha value is -3.31. The average molecular weight is 407 g/mol. The van der Waals surface area contributed by atoms with Crippen LogP contribution in [-0.4, -0.2) is 39.6 Å². The van der Waals surface area contributed by atoms with Crippen LogP contribution < -0.4 is 10.1 Å².